The normalized spacial score (nSPS) is 10.1. The van der Waals surface area contributed by atoms with Crippen LogP contribution in [0, 0.1) is 17.3 Å². The summed E-state index contributed by atoms with van der Waals surface area (Å²) in [5, 5.41) is 16.9. The second kappa shape index (κ2) is 3.96. The summed E-state index contributed by atoms with van der Waals surface area (Å²) in [7, 11) is 0. The lowest BCUT2D eigenvalue weighted by atomic mass is 10.1. The number of halogens is 3. The molecule has 7 heteroatoms. The van der Waals surface area contributed by atoms with Gasteiger partial charge in [0, 0.05) is 0 Å². The maximum absolute atomic E-state index is 12.9. The fourth-order valence-electron chi connectivity index (χ4n) is 0.920. The van der Waals surface area contributed by atoms with E-state index in [9.17, 15) is 18.0 Å². The molecular formula is C8H3F3N2O2. The predicted octanol–water partition coefficient (Wildman–Crippen LogP) is 1.73. The van der Waals surface area contributed by atoms with Crippen LogP contribution in [0.15, 0.2) is 6.07 Å². The number of carbonyl (C=O) groups is 1. The zero-order valence-electron chi connectivity index (χ0n) is 7.04. The molecule has 1 rings (SSSR count). The molecule has 1 N–H and O–H groups in total. The molecule has 0 aromatic carbocycles. The zero-order chi connectivity index (χ0) is 11.6. The highest BCUT2D eigenvalue weighted by Gasteiger charge is 2.21. The summed E-state index contributed by atoms with van der Waals surface area (Å²) in [6, 6.07) is 1.73. The van der Waals surface area contributed by atoms with Crippen LogP contribution in [0.1, 0.15) is 28.0 Å². The van der Waals surface area contributed by atoms with Crippen molar-refractivity contribution < 1.29 is 23.1 Å². The Kier molecular flexibility index (Phi) is 2.90. The number of aromatic nitrogens is 1. The average Bonchev–Trinajstić information content (AvgIpc) is 2.16. The molecule has 0 fully saturated rings. The summed E-state index contributed by atoms with van der Waals surface area (Å²) in [6.45, 7) is 0. The van der Waals surface area contributed by atoms with Crippen molar-refractivity contribution in [2.75, 3.05) is 0 Å². The van der Waals surface area contributed by atoms with Gasteiger partial charge in [0.15, 0.2) is 0 Å². The molecule has 0 bridgehead atoms. The first-order valence-corrected chi connectivity index (χ1v) is 3.59. The van der Waals surface area contributed by atoms with Crippen LogP contribution in [0.5, 0.6) is 0 Å². The van der Waals surface area contributed by atoms with E-state index in [0.29, 0.717) is 6.07 Å². The number of carboxylic acid groups (broad SMARTS) is 1. The second-order valence-corrected chi connectivity index (χ2v) is 2.48. The summed E-state index contributed by atoms with van der Waals surface area (Å²) in [5.74, 6) is -3.16. The Morgan fingerprint density at radius 3 is 2.60 bits per heavy atom. The monoisotopic (exact) mass is 216 g/mol. The van der Waals surface area contributed by atoms with Gasteiger partial charge in [-0.1, -0.05) is 0 Å². The first-order valence-electron chi connectivity index (χ1n) is 3.59. The Labute approximate surface area is 81.6 Å². The highest BCUT2D eigenvalue weighted by Crippen LogP contribution is 2.21. The molecule has 0 aliphatic carbocycles. The van der Waals surface area contributed by atoms with E-state index >= 15 is 0 Å². The van der Waals surface area contributed by atoms with Gasteiger partial charge < -0.3 is 5.11 Å². The van der Waals surface area contributed by atoms with E-state index in [4.69, 9.17) is 10.4 Å². The van der Waals surface area contributed by atoms with Gasteiger partial charge in [0.25, 0.3) is 6.43 Å². The average molecular weight is 216 g/mol. The van der Waals surface area contributed by atoms with Gasteiger partial charge in [-0.15, -0.1) is 0 Å². The molecule has 15 heavy (non-hydrogen) atoms. The number of aromatic carboxylic acids is 1. The molecule has 1 heterocycles. The molecule has 0 saturated heterocycles. The predicted molar refractivity (Wildman–Crippen MR) is 40.8 cm³/mol. The summed E-state index contributed by atoms with van der Waals surface area (Å²) in [6.07, 6.45) is -3.09. The number of carboxylic acids is 1. The van der Waals surface area contributed by atoms with Crippen LogP contribution < -0.4 is 0 Å². The second-order valence-electron chi connectivity index (χ2n) is 2.48. The number of hydrogen-bond acceptors (Lipinski definition) is 3. The molecule has 0 spiro atoms. The third-order valence-electron chi connectivity index (χ3n) is 1.56. The van der Waals surface area contributed by atoms with Gasteiger partial charge >= 0.3 is 5.97 Å². The first-order chi connectivity index (χ1) is 6.97. The summed E-state index contributed by atoms with van der Waals surface area (Å²) >= 11 is 0. The molecule has 0 aliphatic heterocycles. The lowest BCUT2D eigenvalue weighted by Crippen LogP contribution is -2.07. The standard InChI is InChI=1S/C8H3F3N2O2/c9-6(10)5-1-3(8(14)15)4(2-12)7(11)13-5/h1,6H,(H,14,15). The molecule has 1 aromatic heterocycles. The maximum Gasteiger partial charge on any atom is 0.337 e. The van der Waals surface area contributed by atoms with Crippen molar-refractivity contribution in [3.05, 3.63) is 28.8 Å². The van der Waals surface area contributed by atoms with Gasteiger partial charge in [-0.3, -0.25) is 0 Å². The third-order valence-corrected chi connectivity index (χ3v) is 1.56. The topological polar surface area (TPSA) is 74.0 Å². The van der Waals surface area contributed by atoms with Crippen LogP contribution in [0.4, 0.5) is 13.2 Å². The first kappa shape index (κ1) is 11.0. The third kappa shape index (κ3) is 2.04. The van der Waals surface area contributed by atoms with Gasteiger partial charge in [-0.25, -0.2) is 18.6 Å². The minimum absolute atomic E-state index is 0.481. The maximum atomic E-state index is 12.9. The Morgan fingerprint density at radius 1 is 1.60 bits per heavy atom. The number of pyridine rings is 1. The van der Waals surface area contributed by atoms with Crippen molar-refractivity contribution in [3.63, 3.8) is 0 Å². The van der Waals surface area contributed by atoms with E-state index in [1.807, 2.05) is 0 Å². The molecule has 0 atom stereocenters. The molecule has 0 radical (unpaired) electrons. The van der Waals surface area contributed by atoms with Gasteiger partial charge in [0.1, 0.15) is 17.3 Å². The molecule has 1 aromatic rings. The van der Waals surface area contributed by atoms with Crippen molar-refractivity contribution in [2.45, 2.75) is 6.43 Å². The van der Waals surface area contributed by atoms with Crippen LogP contribution in [0.2, 0.25) is 0 Å². The molecule has 4 nitrogen and oxygen atoms in total. The highest BCUT2D eigenvalue weighted by atomic mass is 19.3. The number of hydrogen-bond donors (Lipinski definition) is 1. The van der Waals surface area contributed by atoms with Gasteiger partial charge in [-0.2, -0.15) is 9.65 Å². The van der Waals surface area contributed by atoms with Gasteiger partial charge in [0.05, 0.1) is 5.56 Å². The van der Waals surface area contributed by atoms with Crippen molar-refractivity contribution >= 4 is 5.97 Å². The summed E-state index contributed by atoms with van der Waals surface area (Å²) in [5.41, 5.74) is -2.68. The molecule has 0 amide bonds. The van der Waals surface area contributed by atoms with Crippen LogP contribution in [0.3, 0.4) is 0 Å². The van der Waals surface area contributed by atoms with Crippen molar-refractivity contribution in [1.82, 2.24) is 4.98 Å². The van der Waals surface area contributed by atoms with E-state index in [2.05, 4.69) is 4.98 Å². The Balaban J connectivity index is 3.47. The minimum Gasteiger partial charge on any atom is -0.478 e. The number of nitriles is 1. The van der Waals surface area contributed by atoms with Crippen molar-refractivity contribution in [1.29, 1.82) is 5.26 Å². The Morgan fingerprint density at radius 2 is 2.20 bits per heavy atom. The SMILES string of the molecule is N#Cc1c(C(=O)O)cc(C(F)F)nc1F. The fourth-order valence-corrected chi connectivity index (χ4v) is 0.920. The number of rotatable bonds is 2. The van der Waals surface area contributed by atoms with Crippen LogP contribution in [0.25, 0.3) is 0 Å². The summed E-state index contributed by atoms with van der Waals surface area (Å²) in [4.78, 5) is 13.3. The Bertz CT molecular complexity index is 454. The van der Waals surface area contributed by atoms with E-state index < -0.39 is 35.2 Å². The summed E-state index contributed by atoms with van der Waals surface area (Å²) < 4.78 is 37.1. The largest absolute Gasteiger partial charge is 0.478 e. The molecule has 0 aliphatic rings. The van der Waals surface area contributed by atoms with Crippen LogP contribution in [-0.4, -0.2) is 16.1 Å². The van der Waals surface area contributed by atoms with Crippen LogP contribution in [-0.2, 0) is 0 Å². The number of nitrogens with zero attached hydrogens (tertiary/aromatic N) is 2. The smallest absolute Gasteiger partial charge is 0.337 e. The lowest BCUT2D eigenvalue weighted by Gasteiger charge is -2.03. The van der Waals surface area contributed by atoms with Gasteiger partial charge in [-0.05, 0) is 6.07 Å². The fraction of sp³-hybridized carbons (Fsp3) is 0.125. The van der Waals surface area contributed by atoms with Gasteiger partial charge in [0.2, 0.25) is 5.95 Å². The van der Waals surface area contributed by atoms with E-state index in [-0.39, 0.29) is 0 Å². The molecular weight excluding hydrogens is 213 g/mol. The van der Waals surface area contributed by atoms with Crippen molar-refractivity contribution in [3.8, 4) is 6.07 Å². The molecule has 0 unspecified atom stereocenters. The minimum atomic E-state index is -3.09. The van der Waals surface area contributed by atoms with Crippen molar-refractivity contribution in [2.24, 2.45) is 0 Å². The van der Waals surface area contributed by atoms with E-state index in [1.165, 1.54) is 6.07 Å². The molecule has 0 saturated carbocycles. The lowest BCUT2D eigenvalue weighted by molar-refractivity contribution is 0.0695. The highest BCUT2D eigenvalue weighted by molar-refractivity contribution is 5.90. The van der Waals surface area contributed by atoms with Crippen LogP contribution >= 0.6 is 0 Å². The number of alkyl halides is 2. The van der Waals surface area contributed by atoms with E-state index in [1.54, 1.807) is 0 Å². The Hall–Kier alpha value is -2.10. The quantitative estimate of drug-likeness (QED) is 0.764. The zero-order valence-corrected chi connectivity index (χ0v) is 7.04. The van der Waals surface area contributed by atoms with E-state index in [0.717, 1.165) is 0 Å². The molecule has 78 valence electrons.